The van der Waals surface area contributed by atoms with Crippen LogP contribution in [0, 0.1) is 0 Å². The first-order valence-corrected chi connectivity index (χ1v) is 11.0. The van der Waals surface area contributed by atoms with Gasteiger partial charge in [0, 0.05) is 18.9 Å². The average molecular weight is 466 g/mol. The van der Waals surface area contributed by atoms with Gasteiger partial charge >= 0.3 is 5.97 Å². The molecule has 178 valence electrons. The Hall–Kier alpha value is -3.78. The van der Waals surface area contributed by atoms with Crippen LogP contribution in [0.2, 0.25) is 0 Å². The van der Waals surface area contributed by atoms with Gasteiger partial charge < -0.3 is 29.3 Å². The number of hydrogen-bond acceptors (Lipinski definition) is 8. The molecule has 8 heteroatoms. The summed E-state index contributed by atoms with van der Waals surface area (Å²) in [6, 6.07) is 9.94. The van der Waals surface area contributed by atoms with E-state index >= 15 is 0 Å². The predicted octanol–water partition coefficient (Wildman–Crippen LogP) is 4.05. The summed E-state index contributed by atoms with van der Waals surface area (Å²) in [6.07, 6.45) is 7.56. The fraction of sp³-hybridized carbons (Fsp3) is 0.308. The van der Waals surface area contributed by atoms with Crippen molar-refractivity contribution >= 4 is 11.7 Å². The molecule has 2 aliphatic rings. The van der Waals surface area contributed by atoms with E-state index in [4.69, 9.17) is 19.0 Å². The summed E-state index contributed by atoms with van der Waals surface area (Å²) in [7, 11) is 1.60. The zero-order valence-corrected chi connectivity index (χ0v) is 19.0. The second kappa shape index (κ2) is 10.4. The van der Waals surface area contributed by atoms with E-state index in [9.17, 15) is 15.0 Å². The van der Waals surface area contributed by atoms with E-state index in [-0.39, 0.29) is 42.3 Å². The van der Waals surface area contributed by atoms with Crippen molar-refractivity contribution in [2.75, 3.05) is 7.11 Å². The number of carbonyl (C=O) groups excluding carboxylic acids is 1. The smallest absolute Gasteiger partial charge is 0.342 e. The second-order valence-electron chi connectivity index (χ2n) is 8.21. The number of oxime groups is 1. The number of cyclic esters (lactones) is 1. The Morgan fingerprint density at radius 1 is 1.15 bits per heavy atom. The third-order valence-electron chi connectivity index (χ3n) is 5.53. The number of hydrogen-bond donors (Lipinski definition) is 2. The summed E-state index contributed by atoms with van der Waals surface area (Å²) >= 11 is 0. The van der Waals surface area contributed by atoms with Gasteiger partial charge in [-0.1, -0.05) is 35.5 Å². The Kier molecular flexibility index (Phi) is 7.18. The third-order valence-corrected chi connectivity index (χ3v) is 5.53. The number of epoxide rings is 1. The molecule has 0 saturated carbocycles. The second-order valence-corrected chi connectivity index (χ2v) is 8.21. The lowest BCUT2D eigenvalue weighted by molar-refractivity contribution is 0.0306. The Morgan fingerprint density at radius 2 is 1.94 bits per heavy atom. The van der Waals surface area contributed by atoms with Gasteiger partial charge in [0.2, 0.25) is 0 Å². The number of allylic oxidation sites excluding steroid dienone is 3. The number of benzene rings is 2. The topological polar surface area (TPSA) is 110 Å². The van der Waals surface area contributed by atoms with E-state index in [1.165, 1.54) is 6.07 Å². The number of methoxy groups -OCH3 is 1. The number of nitrogens with zero attached hydrogens (tertiary/aromatic N) is 1. The van der Waals surface area contributed by atoms with Gasteiger partial charge in [-0.25, -0.2) is 4.79 Å². The molecule has 0 aliphatic carbocycles. The van der Waals surface area contributed by atoms with Crippen molar-refractivity contribution in [1.82, 2.24) is 0 Å². The molecular weight excluding hydrogens is 438 g/mol. The van der Waals surface area contributed by atoms with Crippen LogP contribution in [0.25, 0.3) is 0 Å². The van der Waals surface area contributed by atoms with Crippen molar-refractivity contribution in [3.63, 3.8) is 0 Å². The zero-order valence-electron chi connectivity index (χ0n) is 19.0. The fourth-order valence-electron chi connectivity index (χ4n) is 3.75. The molecule has 1 saturated heterocycles. The van der Waals surface area contributed by atoms with Crippen molar-refractivity contribution in [1.29, 1.82) is 0 Å². The lowest BCUT2D eigenvalue weighted by Gasteiger charge is -2.16. The summed E-state index contributed by atoms with van der Waals surface area (Å²) in [5, 5.41) is 24.7. The predicted molar refractivity (Wildman–Crippen MR) is 125 cm³/mol. The summed E-state index contributed by atoms with van der Waals surface area (Å²) in [5.74, 6) is -0.459. The number of rotatable bonds is 4. The maximum absolute atomic E-state index is 12.9. The molecule has 34 heavy (non-hydrogen) atoms. The number of ether oxygens (including phenoxy) is 3. The molecule has 0 aromatic heterocycles. The van der Waals surface area contributed by atoms with E-state index < -0.39 is 12.1 Å². The van der Waals surface area contributed by atoms with Crippen LogP contribution in [0.15, 0.2) is 65.9 Å². The van der Waals surface area contributed by atoms with Crippen molar-refractivity contribution in [3.05, 3.63) is 77.4 Å². The first-order valence-electron chi connectivity index (χ1n) is 11.0. The highest BCUT2D eigenvalue weighted by Gasteiger charge is 2.38. The quantitative estimate of drug-likeness (QED) is 0.398. The van der Waals surface area contributed by atoms with Crippen LogP contribution in [0.5, 0.6) is 17.2 Å². The average Bonchev–Trinajstić information content (AvgIpc) is 3.53. The van der Waals surface area contributed by atoms with Gasteiger partial charge in [-0.15, -0.1) is 0 Å². The van der Waals surface area contributed by atoms with Gasteiger partial charge in [-0.3, -0.25) is 0 Å². The molecule has 1 fully saturated rings. The minimum absolute atomic E-state index is 0.0122. The van der Waals surface area contributed by atoms with Gasteiger partial charge in [-0.05, 0) is 42.3 Å². The van der Waals surface area contributed by atoms with Crippen molar-refractivity contribution in [2.45, 2.75) is 44.7 Å². The number of aromatic hydroxyl groups is 2. The molecule has 2 aromatic carbocycles. The van der Waals surface area contributed by atoms with Crippen molar-refractivity contribution < 1.29 is 34.1 Å². The molecule has 2 aromatic rings. The fourth-order valence-corrected chi connectivity index (χ4v) is 3.75. The summed E-state index contributed by atoms with van der Waals surface area (Å²) in [6.45, 7) is 2.01. The van der Waals surface area contributed by atoms with Gasteiger partial charge in [0.15, 0.2) is 0 Å². The normalized spacial score (nSPS) is 25.3. The Bertz CT molecular complexity index is 1120. The van der Waals surface area contributed by atoms with Crippen LogP contribution < -0.4 is 4.74 Å². The Labute approximate surface area is 197 Å². The largest absolute Gasteiger partial charge is 0.508 e. The minimum Gasteiger partial charge on any atom is -0.508 e. The summed E-state index contributed by atoms with van der Waals surface area (Å²) in [4.78, 5) is 18.4. The van der Waals surface area contributed by atoms with Gasteiger partial charge in [0.1, 0.15) is 41.6 Å². The Morgan fingerprint density at radius 3 is 2.71 bits per heavy atom. The van der Waals surface area contributed by atoms with Crippen molar-refractivity contribution in [2.24, 2.45) is 5.16 Å². The van der Waals surface area contributed by atoms with E-state index in [0.29, 0.717) is 17.7 Å². The number of phenols is 2. The molecule has 2 N–H and O–H groups in total. The van der Waals surface area contributed by atoms with Crippen LogP contribution >= 0.6 is 0 Å². The Balaban J connectivity index is 1.61. The highest BCUT2D eigenvalue weighted by atomic mass is 16.6. The first-order chi connectivity index (χ1) is 16.4. The van der Waals surface area contributed by atoms with E-state index in [0.717, 1.165) is 17.4 Å². The third kappa shape index (κ3) is 5.96. The molecule has 0 radical (unpaired) electrons. The number of esters is 1. The van der Waals surface area contributed by atoms with Gasteiger partial charge in [0.25, 0.3) is 0 Å². The van der Waals surface area contributed by atoms with Crippen LogP contribution in [0.4, 0.5) is 0 Å². The van der Waals surface area contributed by atoms with Gasteiger partial charge in [0.05, 0.1) is 18.9 Å². The monoisotopic (exact) mass is 465 g/mol. The first kappa shape index (κ1) is 23.4. The standard InChI is InChI=1S/C26H27NO7/c1-16-11-24-23(34-24)6-4-3-5-19(27-32-15-17-7-9-21(31-2)10-8-17)12-18-13-20(28)14-22(29)25(18)26(30)33-16/h3-10,13-14,16,23-24,28-29H,11-12,15H2,1-2H3/b5-3+,6-4-,27-19-/t16-,23-,24-/m1/s1. The number of fused-ring (bicyclic) bond motifs is 2. The zero-order chi connectivity index (χ0) is 24.1. The molecule has 4 rings (SSSR count). The molecule has 0 bridgehead atoms. The molecule has 2 aliphatic heterocycles. The van der Waals surface area contributed by atoms with E-state index in [1.807, 2.05) is 42.5 Å². The van der Waals surface area contributed by atoms with Crippen LogP contribution in [-0.2, 0) is 27.3 Å². The van der Waals surface area contributed by atoms with Crippen LogP contribution in [0.3, 0.4) is 0 Å². The summed E-state index contributed by atoms with van der Waals surface area (Å²) in [5.41, 5.74) is 1.74. The van der Waals surface area contributed by atoms with Gasteiger partial charge in [-0.2, -0.15) is 0 Å². The van der Waals surface area contributed by atoms with E-state index in [2.05, 4.69) is 5.16 Å². The maximum Gasteiger partial charge on any atom is 0.342 e. The molecular formula is C26H27NO7. The number of carbonyl (C=O) groups is 1. The lowest BCUT2D eigenvalue weighted by Crippen LogP contribution is -2.19. The maximum atomic E-state index is 12.9. The highest BCUT2D eigenvalue weighted by Crippen LogP contribution is 2.32. The van der Waals surface area contributed by atoms with Crippen molar-refractivity contribution in [3.8, 4) is 17.2 Å². The number of phenolic OH excluding ortho intramolecular Hbond substituents is 2. The molecule has 0 amide bonds. The molecule has 0 unspecified atom stereocenters. The molecule has 0 spiro atoms. The lowest BCUT2D eigenvalue weighted by atomic mass is 9.99. The SMILES string of the molecule is COc1ccc(CO/N=C2/C=C/C=C\[C@H]3O[C@@H]3C[C@@H](C)OC(=O)c3c(O)cc(O)cc3C2)cc1. The van der Waals surface area contributed by atoms with E-state index in [1.54, 1.807) is 20.1 Å². The van der Waals surface area contributed by atoms with Crippen LogP contribution in [0.1, 0.15) is 34.8 Å². The van der Waals surface area contributed by atoms with Crippen LogP contribution in [-0.4, -0.2) is 47.3 Å². The molecule has 8 nitrogen and oxygen atoms in total. The molecule has 3 atom stereocenters. The highest BCUT2D eigenvalue weighted by molar-refractivity contribution is 6.00. The summed E-state index contributed by atoms with van der Waals surface area (Å²) < 4.78 is 16.3. The minimum atomic E-state index is -0.674. The molecule has 2 heterocycles.